The van der Waals surface area contributed by atoms with Gasteiger partial charge in [0.05, 0.1) is 5.69 Å². The highest BCUT2D eigenvalue weighted by atomic mass is 15.3. The fourth-order valence-corrected chi connectivity index (χ4v) is 1.84. The van der Waals surface area contributed by atoms with Gasteiger partial charge in [0.15, 0.2) is 0 Å². The Kier molecular flexibility index (Phi) is 4.79. The van der Waals surface area contributed by atoms with Crippen LogP contribution in [-0.2, 0) is 0 Å². The second-order valence-corrected chi connectivity index (χ2v) is 4.15. The maximum atomic E-state index is 3.95. The molecule has 1 fully saturated rings. The lowest BCUT2D eigenvalue weighted by Gasteiger charge is -2.08. The average Bonchev–Trinajstić information content (AvgIpc) is 2.66. The van der Waals surface area contributed by atoms with Crippen molar-refractivity contribution in [1.82, 2.24) is 5.32 Å². The molecule has 0 amide bonds. The number of hydrazone groups is 1. The average molecular weight is 229 g/mol. The molecule has 0 saturated carbocycles. The zero-order chi connectivity index (χ0) is 11.8. The summed E-state index contributed by atoms with van der Waals surface area (Å²) in [4.78, 5) is 0. The summed E-state index contributed by atoms with van der Waals surface area (Å²) in [5, 5.41) is 7.24. The maximum Gasteiger partial charge on any atom is 0.0634 e. The molecule has 3 nitrogen and oxygen atoms in total. The van der Waals surface area contributed by atoms with Gasteiger partial charge in [0, 0.05) is 6.21 Å². The summed E-state index contributed by atoms with van der Waals surface area (Å²) in [6, 6.07) is 8.05. The number of piperidine rings is 1. The predicted octanol–water partition coefficient (Wildman–Crippen LogP) is 2.87. The molecule has 2 aliphatic heterocycles. The molecule has 3 heteroatoms. The molecule has 1 aromatic rings. The van der Waals surface area contributed by atoms with E-state index in [-0.39, 0.29) is 0 Å². The van der Waals surface area contributed by atoms with Crippen molar-refractivity contribution in [3.8, 4) is 0 Å². The van der Waals surface area contributed by atoms with E-state index < -0.39 is 0 Å². The molecular weight excluding hydrogens is 210 g/mol. The van der Waals surface area contributed by atoms with E-state index in [1.165, 1.54) is 37.9 Å². The van der Waals surface area contributed by atoms with Crippen LogP contribution in [0.1, 0.15) is 24.8 Å². The van der Waals surface area contributed by atoms with Gasteiger partial charge >= 0.3 is 0 Å². The lowest BCUT2D eigenvalue weighted by Crippen LogP contribution is -2.21. The Morgan fingerprint density at radius 2 is 1.82 bits per heavy atom. The Morgan fingerprint density at radius 1 is 1.00 bits per heavy atom. The van der Waals surface area contributed by atoms with Gasteiger partial charge in [0.2, 0.25) is 0 Å². The summed E-state index contributed by atoms with van der Waals surface area (Å²) >= 11 is 0. The van der Waals surface area contributed by atoms with Crippen LogP contribution in [0.15, 0.2) is 35.4 Å². The van der Waals surface area contributed by atoms with Gasteiger partial charge in [-0.1, -0.05) is 30.7 Å². The molecule has 90 valence electrons. The lowest BCUT2D eigenvalue weighted by molar-refractivity contribution is 0.520. The largest absolute Gasteiger partial charge is 0.317 e. The van der Waals surface area contributed by atoms with Crippen molar-refractivity contribution in [2.45, 2.75) is 19.3 Å². The number of para-hydroxylation sites is 1. The van der Waals surface area contributed by atoms with E-state index in [4.69, 9.17) is 0 Å². The molecule has 2 aliphatic rings. The molecule has 17 heavy (non-hydrogen) atoms. The quantitative estimate of drug-likeness (QED) is 0.717. The van der Waals surface area contributed by atoms with E-state index >= 15 is 0 Å². The highest BCUT2D eigenvalue weighted by Crippen LogP contribution is 2.17. The molecule has 3 rings (SSSR count). The van der Waals surface area contributed by atoms with Crippen molar-refractivity contribution in [2.75, 3.05) is 18.5 Å². The van der Waals surface area contributed by atoms with Crippen molar-refractivity contribution in [3.63, 3.8) is 0 Å². The van der Waals surface area contributed by atoms with Crippen LogP contribution in [0.4, 0.5) is 5.69 Å². The SMILES string of the molecule is C1=Cc2ccccc2NN=C1.C1CCNCC1. The normalized spacial score (nSPS) is 17.2. The van der Waals surface area contributed by atoms with Crippen LogP contribution in [0, 0.1) is 0 Å². The fraction of sp³-hybridized carbons (Fsp3) is 0.357. The van der Waals surface area contributed by atoms with E-state index in [9.17, 15) is 0 Å². The molecule has 2 heterocycles. The van der Waals surface area contributed by atoms with Gasteiger partial charge < -0.3 is 5.32 Å². The van der Waals surface area contributed by atoms with E-state index in [2.05, 4.69) is 15.8 Å². The first-order chi connectivity index (χ1) is 8.47. The third kappa shape index (κ3) is 4.04. The molecule has 0 bridgehead atoms. The number of hydrogen-bond donors (Lipinski definition) is 2. The molecular formula is C14H19N3. The van der Waals surface area contributed by atoms with Gasteiger partial charge in [-0.15, -0.1) is 0 Å². The van der Waals surface area contributed by atoms with Crippen LogP contribution in [-0.4, -0.2) is 19.3 Å². The minimum absolute atomic E-state index is 1.05. The topological polar surface area (TPSA) is 36.4 Å². The van der Waals surface area contributed by atoms with Crippen LogP contribution in [0.25, 0.3) is 6.08 Å². The zero-order valence-electron chi connectivity index (χ0n) is 10.0. The second kappa shape index (κ2) is 6.86. The number of rotatable bonds is 0. The molecule has 0 aliphatic carbocycles. The summed E-state index contributed by atoms with van der Waals surface area (Å²) in [7, 11) is 0. The van der Waals surface area contributed by atoms with Crippen LogP contribution in [0.2, 0.25) is 0 Å². The van der Waals surface area contributed by atoms with Gasteiger partial charge in [0.1, 0.15) is 0 Å². The molecule has 0 aromatic heterocycles. The Bertz CT molecular complexity index is 381. The monoisotopic (exact) mass is 229 g/mol. The second-order valence-electron chi connectivity index (χ2n) is 4.15. The summed E-state index contributed by atoms with van der Waals surface area (Å²) < 4.78 is 0. The molecule has 0 spiro atoms. The first kappa shape index (κ1) is 11.9. The van der Waals surface area contributed by atoms with Crippen molar-refractivity contribution in [3.05, 3.63) is 35.9 Å². The van der Waals surface area contributed by atoms with E-state index in [0.29, 0.717) is 0 Å². The smallest absolute Gasteiger partial charge is 0.0634 e. The van der Waals surface area contributed by atoms with Crippen molar-refractivity contribution < 1.29 is 0 Å². The molecule has 2 N–H and O–H groups in total. The van der Waals surface area contributed by atoms with Gasteiger partial charge in [-0.2, -0.15) is 5.10 Å². The molecule has 0 radical (unpaired) electrons. The molecule has 1 aromatic carbocycles. The highest BCUT2D eigenvalue weighted by molar-refractivity contribution is 5.83. The summed E-state index contributed by atoms with van der Waals surface area (Å²) in [5.41, 5.74) is 5.16. The Balaban J connectivity index is 0.000000153. The van der Waals surface area contributed by atoms with Crippen LogP contribution in [0.5, 0.6) is 0 Å². The van der Waals surface area contributed by atoms with E-state index in [0.717, 1.165) is 5.69 Å². The van der Waals surface area contributed by atoms with E-state index in [1.54, 1.807) is 6.21 Å². The number of anilines is 1. The Morgan fingerprint density at radius 3 is 2.53 bits per heavy atom. The number of nitrogens with zero attached hydrogens (tertiary/aromatic N) is 1. The highest BCUT2D eigenvalue weighted by Gasteiger charge is 1.96. The van der Waals surface area contributed by atoms with Gasteiger partial charge in [-0.3, -0.25) is 5.43 Å². The zero-order valence-corrected chi connectivity index (χ0v) is 10.0. The summed E-state index contributed by atoms with van der Waals surface area (Å²) in [6.45, 7) is 2.50. The molecule has 0 atom stereocenters. The number of benzene rings is 1. The summed E-state index contributed by atoms with van der Waals surface area (Å²) in [5.74, 6) is 0. The number of nitrogens with one attached hydrogen (secondary N) is 2. The summed E-state index contributed by atoms with van der Waals surface area (Å²) in [6.07, 6.45) is 9.89. The van der Waals surface area contributed by atoms with Crippen molar-refractivity contribution in [2.24, 2.45) is 5.10 Å². The Labute approximate surface area is 103 Å². The molecule has 1 saturated heterocycles. The first-order valence-electron chi connectivity index (χ1n) is 6.22. The number of fused-ring (bicyclic) bond motifs is 1. The van der Waals surface area contributed by atoms with Crippen LogP contribution < -0.4 is 10.7 Å². The van der Waals surface area contributed by atoms with Crippen LogP contribution >= 0.6 is 0 Å². The predicted molar refractivity (Wildman–Crippen MR) is 74.3 cm³/mol. The first-order valence-corrected chi connectivity index (χ1v) is 6.22. The van der Waals surface area contributed by atoms with Crippen molar-refractivity contribution >= 4 is 18.0 Å². The third-order valence-corrected chi connectivity index (χ3v) is 2.79. The third-order valence-electron chi connectivity index (χ3n) is 2.79. The van der Waals surface area contributed by atoms with Gasteiger partial charge in [0.25, 0.3) is 0 Å². The number of hydrogen-bond acceptors (Lipinski definition) is 3. The minimum atomic E-state index is 1.05. The minimum Gasteiger partial charge on any atom is -0.317 e. The van der Waals surface area contributed by atoms with Gasteiger partial charge in [-0.25, -0.2) is 0 Å². The fourth-order valence-electron chi connectivity index (χ4n) is 1.84. The molecule has 0 unspecified atom stereocenters. The van der Waals surface area contributed by atoms with Crippen molar-refractivity contribution in [1.29, 1.82) is 0 Å². The lowest BCUT2D eigenvalue weighted by atomic mass is 10.2. The van der Waals surface area contributed by atoms with Crippen LogP contribution in [0.3, 0.4) is 0 Å². The van der Waals surface area contributed by atoms with Gasteiger partial charge in [-0.05, 0) is 43.6 Å². The maximum absolute atomic E-state index is 3.95. The van der Waals surface area contributed by atoms with E-state index in [1.807, 2.05) is 36.4 Å². The Hall–Kier alpha value is -1.61. The number of allylic oxidation sites excluding steroid dienone is 1. The standard InChI is InChI=1S/C9H8N2.C5H11N/c1-2-6-9-8(4-1)5-3-7-10-11-9;1-2-4-6-5-3-1/h1-7,11H;6H,1-5H2.